The van der Waals surface area contributed by atoms with E-state index in [0.717, 1.165) is 29.2 Å². The summed E-state index contributed by atoms with van der Waals surface area (Å²) in [6.07, 6.45) is 1.43. The number of carbonyl (C=O) groups excluding carboxylic acids is 2. The molecule has 43 heavy (non-hydrogen) atoms. The minimum Gasteiger partial charge on any atom is -0.497 e. The van der Waals surface area contributed by atoms with Gasteiger partial charge in [-0.25, -0.2) is 8.78 Å². The minimum atomic E-state index is -3.08. The zero-order valence-corrected chi connectivity index (χ0v) is 23.4. The molecule has 230 valence electrons. The number of halogens is 4. The number of alkyl halides is 2. The number of aryl methyl sites for hydroxylation is 1. The first-order valence-electron chi connectivity index (χ1n) is 13.0. The van der Waals surface area contributed by atoms with Crippen LogP contribution in [0.2, 0.25) is 0 Å². The Hall–Kier alpha value is -4.43. The van der Waals surface area contributed by atoms with Gasteiger partial charge in [-0.15, -0.1) is 0 Å². The van der Waals surface area contributed by atoms with Crippen molar-refractivity contribution in [2.75, 3.05) is 38.9 Å². The van der Waals surface area contributed by atoms with Gasteiger partial charge in [-0.2, -0.15) is 8.78 Å². The summed E-state index contributed by atoms with van der Waals surface area (Å²) >= 11 is 0. The zero-order valence-electron chi connectivity index (χ0n) is 23.4. The fraction of sp³-hybridized carbons (Fsp3) is 0.345. The van der Waals surface area contributed by atoms with Crippen molar-refractivity contribution in [3.63, 3.8) is 0 Å². The summed E-state index contributed by atoms with van der Waals surface area (Å²) in [4.78, 5) is 41.7. The molecule has 0 radical (unpaired) electrons. The van der Waals surface area contributed by atoms with Gasteiger partial charge in [-0.05, 0) is 42.8 Å². The maximum absolute atomic E-state index is 15.3. The van der Waals surface area contributed by atoms with Gasteiger partial charge in [-0.3, -0.25) is 14.4 Å². The molecular weight excluding hydrogens is 578 g/mol. The Morgan fingerprint density at radius 2 is 1.72 bits per heavy atom. The van der Waals surface area contributed by atoms with Gasteiger partial charge in [0.25, 0.3) is 11.5 Å². The highest BCUT2D eigenvalue weighted by Crippen LogP contribution is 2.36. The van der Waals surface area contributed by atoms with E-state index in [1.165, 1.54) is 37.1 Å². The molecule has 0 saturated carbocycles. The second-order valence-corrected chi connectivity index (χ2v) is 9.77. The highest BCUT2D eigenvalue weighted by molar-refractivity contribution is 6.05. The van der Waals surface area contributed by atoms with Crippen LogP contribution in [0.4, 0.5) is 23.2 Å². The van der Waals surface area contributed by atoms with Crippen molar-refractivity contribution in [1.82, 2.24) is 9.88 Å². The van der Waals surface area contributed by atoms with Crippen LogP contribution >= 0.6 is 0 Å². The summed E-state index contributed by atoms with van der Waals surface area (Å²) in [5, 5.41) is 12.3. The molecule has 1 aromatic heterocycles. The molecular formula is C29H29F4N3O7. The van der Waals surface area contributed by atoms with Gasteiger partial charge in [0.05, 0.1) is 26.4 Å². The number of nitrogens with zero attached hydrogens (tertiary/aromatic N) is 2. The van der Waals surface area contributed by atoms with Crippen molar-refractivity contribution in [3.8, 4) is 11.5 Å². The van der Waals surface area contributed by atoms with E-state index in [0.29, 0.717) is 5.56 Å². The van der Waals surface area contributed by atoms with Crippen molar-refractivity contribution in [2.24, 2.45) is 0 Å². The number of amides is 2. The summed E-state index contributed by atoms with van der Waals surface area (Å²) in [5.41, 5.74) is -0.970. The second-order valence-electron chi connectivity index (χ2n) is 9.77. The van der Waals surface area contributed by atoms with Gasteiger partial charge in [0, 0.05) is 49.0 Å². The highest BCUT2D eigenvalue weighted by Gasteiger charge is 2.46. The topological polar surface area (TPSA) is 119 Å². The maximum atomic E-state index is 15.3. The fourth-order valence-electron chi connectivity index (χ4n) is 5.06. The Bertz CT molecular complexity index is 1530. The van der Waals surface area contributed by atoms with Crippen LogP contribution in [0.1, 0.15) is 33.4 Å². The molecule has 2 amide bonds. The third-order valence-corrected chi connectivity index (χ3v) is 7.13. The smallest absolute Gasteiger partial charge is 0.387 e. The SMILES string of the molecule is COCC(CO)n1ccc(C)c(N2C[C@@H](c3c(F)cc(OC)cc3F)[C@H](NC(=O)c3ccc(OC(F)F)cc3)C2=O)c1=O. The number of hydrogen-bond acceptors (Lipinski definition) is 7. The van der Waals surface area contributed by atoms with Crippen molar-refractivity contribution >= 4 is 17.5 Å². The number of carbonyl (C=O) groups is 2. The van der Waals surface area contributed by atoms with Crippen molar-refractivity contribution in [3.05, 3.63) is 87.3 Å². The number of pyridine rings is 1. The number of ether oxygens (including phenoxy) is 3. The number of rotatable bonds is 11. The third kappa shape index (κ3) is 6.49. The van der Waals surface area contributed by atoms with Gasteiger partial charge in [-0.1, -0.05) is 0 Å². The lowest BCUT2D eigenvalue weighted by molar-refractivity contribution is -0.118. The first-order chi connectivity index (χ1) is 20.5. The largest absolute Gasteiger partial charge is 0.497 e. The Morgan fingerprint density at radius 3 is 2.28 bits per heavy atom. The molecule has 10 nitrogen and oxygen atoms in total. The minimum absolute atomic E-state index is 0.0163. The molecule has 2 aromatic carbocycles. The van der Waals surface area contributed by atoms with Crippen LogP contribution in [0.25, 0.3) is 0 Å². The maximum Gasteiger partial charge on any atom is 0.387 e. The lowest BCUT2D eigenvalue weighted by Crippen LogP contribution is -2.45. The Labute approximate surface area is 243 Å². The normalized spacial score (nSPS) is 17.3. The molecule has 3 aromatic rings. The average molecular weight is 608 g/mol. The van der Waals surface area contributed by atoms with Gasteiger partial charge in [0.1, 0.15) is 34.9 Å². The van der Waals surface area contributed by atoms with Crippen LogP contribution in [0, 0.1) is 18.6 Å². The predicted molar refractivity (Wildman–Crippen MR) is 146 cm³/mol. The van der Waals surface area contributed by atoms with Crippen LogP contribution in [-0.2, 0) is 9.53 Å². The van der Waals surface area contributed by atoms with E-state index in [2.05, 4.69) is 10.1 Å². The molecule has 1 saturated heterocycles. The Kier molecular flexibility index (Phi) is 9.71. The number of aromatic nitrogens is 1. The van der Waals surface area contributed by atoms with E-state index in [1.807, 2.05) is 0 Å². The summed E-state index contributed by atoms with van der Waals surface area (Å²) < 4.78 is 71.1. The number of aliphatic hydroxyl groups excluding tert-OH is 1. The molecule has 0 bridgehead atoms. The van der Waals surface area contributed by atoms with E-state index in [-0.39, 0.29) is 35.9 Å². The number of anilines is 1. The average Bonchev–Trinajstić information content (AvgIpc) is 3.26. The monoisotopic (exact) mass is 607 g/mol. The molecule has 3 atom stereocenters. The molecule has 1 unspecified atom stereocenters. The molecule has 1 aliphatic heterocycles. The van der Waals surface area contributed by atoms with E-state index < -0.39 is 65.8 Å². The number of benzene rings is 2. The molecule has 0 spiro atoms. The van der Waals surface area contributed by atoms with Crippen molar-refractivity contribution in [1.29, 1.82) is 0 Å². The van der Waals surface area contributed by atoms with E-state index >= 15 is 8.78 Å². The zero-order chi connectivity index (χ0) is 31.4. The predicted octanol–water partition coefficient (Wildman–Crippen LogP) is 3.15. The Morgan fingerprint density at radius 1 is 1.07 bits per heavy atom. The van der Waals surface area contributed by atoms with Crippen LogP contribution in [0.15, 0.2) is 53.5 Å². The first kappa shape index (κ1) is 31.5. The number of methoxy groups -OCH3 is 2. The van der Waals surface area contributed by atoms with Gasteiger partial charge < -0.3 is 34.1 Å². The summed E-state index contributed by atoms with van der Waals surface area (Å²) in [5.74, 6) is -5.36. The van der Waals surface area contributed by atoms with Crippen LogP contribution in [-0.4, -0.2) is 68.1 Å². The van der Waals surface area contributed by atoms with Crippen LogP contribution < -0.4 is 25.2 Å². The van der Waals surface area contributed by atoms with Crippen LogP contribution in [0.5, 0.6) is 11.5 Å². The molecule has 14 heteroatoms. The van der Waals surface area contributed by atoms with Gasteiger partial charge in [0.2, 0.25) is 5.91 Å². The number of nitrogens with one attached hydrogen (secondary N) is 1. The standard InChI is InChI=1S/C29H29F4N3O7/c1-15-8-9-35(17(13-37)14-41-2)28(40)25(15)36-12-20(23-21(30)10-19(42-3)11-22(23)31)24(27(36)39)34-26(38)16-4-6-18(7-5-16)43-29(32)33/h4-11,17,20,24,29,37H,12-14H2,1-3H3,(H,34,38)/t17?,20-,24-/m0/s1. The number of aliphatic hydroxyl groups is 1. The van der Waals surface area contributed by atoms with Crippen LogP contribution in [0.3, 0.4) is 0 Å². The second kappa shape index (κ2) is 13.3. The highest BCUT2D eigenvalue weighted by atomic mass is 19.3. The van der Waals surface area contributed by atoms with E-state index in [9.17, 15) is 28.3 Å². The summed E-state index contributed by atoms with van der Waals surface area (Å²) in [6.45, 7) is -2.37. The van der Waals surface area contributed by atoms with Crippen molar-refractivity contribution < 1.29 is 46.5 Å². The molecule has 2 heterocycles. The van der Waals surface area contributed by atoms with E-state index in [4.69, 9.17) is 9.47 Å². The van der Waals surface area contributed by atoms with Gasteiger partial charge in [0.15, 0.2) is 0 Å². The summed E-state index contributed by atoms with van der Waals surface area (Å²) in [7, 11) is 2.61. The quantitative estimate of drug-likeness (QED) is 0.322. The Balaban J connectivity index is 1.77. The van der Waals surface area contributed by atoms with E-state index in [1.54, 1.807) is 13.0 Å². The van der Waals surface area contributed by atoms with Crippen molar-refractivity contribution in [2.45, 2.75) is 31.5 Å². The molecule has 1 fully saturated rings. The molecule has 0 aliphatic carbocycles. The van der Waals surface area contributed by atoms with Gasteiger partial charge >= 0.3 is 6.61 Å². The third-order valence-electron chi connectivity index (χ3n) is 7.13. The first-order valence-corrected chi connectivity index (χ1v) is 13.0. The lowest BCUT2D eigenvalue weighted by Gasteiger charge is -2.23. The molecule has 1 aliphatic rings. The lowest BCUT2D eigenvalue weighted by atomic mass is 9.92. The molecule has 4 rings (SSSR count). The number of hydrogen-bond donors (Lipinski definition) is 2. The summed E-state index contributed by atoms with van der Waals surface area (Å²) in [6, 6.07) is 5.69. The molecule has 2 N–H and O–H groups in total. The fourth-order valence-corrected chi connectivity index (χ4v) is 5.06.